The van der Waals surface area contributed by atoms with Gasteiger partial charge in [-0.2, -0.15) is 33.2 Å². The van der Waals surface area contributed by atoms with Gasteiger partial charge in [0.15, 0.2) is 0 Å². The molecule has 37 heavy (non-hydrogen) atoms. The van der Waals surface area contributed by atoms with Gasteiger partial charge in [0.2, 0.25) is 17.8 Å². The standard InChI is InChI=1S/C25H22F4N8/c1-15-3-6-17(7-4-15)14-32-37-24-35-22(31-13-18-8-5-16(2)30-12-18)34-23(36-24)33-19-9-10-21(26)20(11-19)25(27,28)29/h3-12,14H,13H2,1-2H3,(H3,31,33,34,35,36,37)/b32-14+. The van der Waals surface area contributed by atoms with E-state index in [9.17, 15) is 17.6 Å². The fourth-order valence-electron chi connectivity index (χ4n) is 3.11. The Balaban J connectivity index is 1.58. The zero-order valence-electron chi connectivity index (χ0n) is 19.8. The molecule has 0 unspecified atom stereocenters. The normalized spacial score (nSPS) is 11.5. The lowest BCUT2D eigenvalue weighted by atomic mass is 10.2. The Bertz CT molecular complexity index is 1390. The van der Waals surface area contributed by atoms with E-state index < -0.39 is 17.6 Å². The second-order valence-electron chi connectivity index (χ2n) is 8.07. The Hall–Kier alpha value is -4.61. The van der Waals surface area contributed by atoms with Gasteiger partial charge in [-0.1, -0.05) is 35.9 Å². The van der Waals surface area contributed by atoms with Crippen molar-refractivity contribution in [3.8, 4) is 0 Å². The molecule has 4 aromatic rings. The minimum absolute atomic E-state index is 0.0311. The summed E-state index contributed by atoms with van der Waals surface area (Å²) in [4.78, 5) is 16.9. The third-order valence-corrected chi connectivity index (χ3v) is 5.04. The van der Waals surface area contributed by atoms with Crippen LogP contribution >= 0.6 is 0 Å². The Labute approximate surface area is 209 Å². The van der Waals surface area contributed by atoms with E-state index in [0.29, 0.717) is 12.6 Å². The number of hydrogen-bond acceptors (Lipinski definition) is 8. The Morgan fingerprint density at radius 2 is 1.62 bits per heavy atom. The fourth-order valence-corrected chi connectivity index (χ4v) is 3.11. The topological polar surface area (TPSA) is 100 Å². The molecule has 0 saturated heterocycles. The van der Waals surface area contributed by atoms with Gasteiger partial charge in [0.1, 0.15) is 5.82 Å². The van der Waals surface area contributed by atoms with Gasteiger partial charge in [0.25, 0.3) is 0 Å². The summed E-state index contributed by atoms with van der Waals surface area (Å²) in [6.07, 6.45) is -1.59. The molecule has 0 amide bonds. The van der Waals surface area contributed by atoms with Gasteiger partial charge < -0.3 is 10.6 Å². The van der Waals surface area contributed by atoms with Crippen LogP contribution in [0.5, 0.6) is 0 Å². The number of aryl methyl sites for hydroxylation is 2. The van der Waals surface area contributed by atoms with Crippen molar-refractivity contribution in [2.24, 2.45) is 5.10 Å². The largest absolute Gasteiger partial charge is 0.419 e. The van der Waals surface area contributed by atoms with Gasteiger partial charge in [-0.05, 0) is 49.2 Å². The minimum Gasteiger partial charge on any atom is -0.350 e. The molecule has 12 heteroatoms. The lowest BCUT2D eigenvalue weighted by molar-refractivity contribution is -0.139. The minimum atomic E-state index is -4.85. The lowest BCUT2D eigenvalue weighted by Crippen LogP contribution is -2.11. The summed E-state index contributed by atoms with van der Waals surface area (Å²) in [7, 11) is 0. The number of alkyl halides is 3. The van der Waals surface area contributed by atoms with Crippen LogP contribution in [0.2, 0.25) is 0 Å². The molecule has 0 atom stereocenters. The van der Waals surface area contributed by atoms with Crippen molar-refractivity contribution in [2.75, 3.05) is 16.1 Å². The first-order valence-corrected chi connectivity index (χ1v) is 11.1. The highest BCUT2D eigenvalue weighted by molar-refractivity contribution is 5.80. The summed E-state index contributed by atoms with van der Waals surface area (Å²) >= 11 is 0. The van der Waals surface area contributed by atoms with Crippen LogP contribution in [0.25, 0.3) is 0 Å². The van der Waals surface area contributed by atoms with E-state index in [4.69, 9.17) is 0 Å². The summed E-state index contributed by atoms with van der Waals surface area (Å²) < 4.78 is 53.1. The van der Waals surface area contributed by atoms with Crippen LogP contribution in [0.15, 0.2) is 65.9 Å². The van der Waals surface area contributed by atoms with Gasteiger partial charge >= 0.3 is 6.18 Å². The smallest absolute Gasteiger partial charge is 0.350 e. The molecule has 0 bridgehead atoms. The van der Waals surface area contributed by atoms with Gasteiger partial charge in [-0.3, -0.25) is 4.98 Å². The van der Waals surface area contributed by atoms with Gasteiger partial charge in [0.05, 0.1) is 11.8 Å². The number of aromatic nitrogens is 4. The van der Waals surface area contributed by atoms with Crippen LogP contribution in [0.4, 0.5) is 41.1 Å². The second-order valence-corrected chi connectivity index (χ2v) is 8.07. The Morgan fingerprint density at radius 1 is 0.892 bits per heavy atom. The molecular formula is C25H22F4N8. The van der Waals surface area contributed by atoms with Crippen LogP contribution in [0.1, 0.15) is 27.9 Å². The van der Waals surface area contributed by atoms with Crippen molar-refractivity contribution in [3.63, 3.8) is 0 Å². The third-order valence-electron chi connectivity index (χ3n) is 5.04. The molecule has 2 aromatic carbocycles. The zero-order chi connectivity index (χ0) is 26.4. The molecule has 4 rings (SSSR count). The van der Waals surface area contributed by atoms with Crippen LogP contribution in [-0.4, -0.2) is 26.2 Å². The number of anilines is 4. The van der Waals surface area contributed by atoms with Crippen molar-refractivity contribution >= 4 is 29.7 Å². The number of benzene rings is 2. The molecule has 0 aliphatic carbocycles. The monoisotopic (exact) mass is 510 g/mol. The number of pyridine rings is 1. The molecule has 0 saturated carbocycles. The molecule has 3 N–H and O–H groups in total. The van der Waals surface area contributed by atoms with E-state index >= 15 is 0 Å². The summed E-state index contributed by atoms with van der Waals surface area (Å²) in [5.41, 5.74) is 4.91. The number of hydrogen-bond donors (Lipinski definition) is 3. The van der Waals surface area contributed by atoms with Gasteiger partial charge in [-0.25, -0.2) is 9.82 Å². The summed E-state index contributed by atoms with van der Waals surface area (Å²) in [5.74, 6) is -1.30. The first-order chi connectivity index (χ1) is 17.7. The molecular weight excluding hydrogens is 488 g/mol. The predicted molar refractivity (Wildman–Crippen MR) is 133 cm³/mol. The fraction of sp³-hybridized carbons (Fsp3) is 0.160. The van der Waals surface area contributed by atoms with E-state index in [1.54, 1.807) is 12.4 Å². The SMILES string of the molecule is Cc1ccc(/C=N/Nc2nc(NCc3ccc(C)nc3)nc(Nc3ccc(F)c(C(F)(F)F)c3)n2)cc1. The van der Waals surface area contributed by atoms with Crippen LogP contribution in [0.3, 0.4) is 0 Å². The summed E-state index contributed by atoms with van der Waals surface area (Å²) in [5, 5.41) is 9.83. The van der Waals surface area contributed by atoms with Crippen molar-refractivity contribution in [1.29, 1.82) is 0 Å². The second kappa shape index (κ2) is 11.0. The molecule has 0 spiro atoms. The molecule has 2 aromatic heterocycles. The predicted octanol–water partition coefficient (Wildman–Crippen LogP) is 5.84. The third kappa shape index (κ3) is 7.19. The number of hydrazone groups is 1. The maximum Gasteiger partial charge on any atom is 0.419 e. The van der Waals surface area contributed by atoms with E-state index in [1.165, 1.54) is 0 Å². The number of rotatable bonds is 8. The molecule has 0 aliphatic heterocycles. The molecule has 8 nitrogen and oxygen atoms in total. The van der Waals surface area contributed by atoms with Crippen LogP contribution in [0, 0.1) is 19.7 Å². The molecule has 190 valence electrons. The molecule has 0 radical (unpaired) electrons. The van der Waals surface area contributed by atoms with Crippen molar-refractivity contribution < 1.29 is 17.6 Å². The average Bonchev–Trinajstić information content (AvgIpc) is 2.85. The Kier molecular flexibility index (Phi) is 7.56. The summed E-state index contributed by atoms with van der Waals surface area (Å²) in [6.45, 7) is 4.17. The first-order valence-electron chi connectivity index (χ1n) is 11.1. The highest BCUT2D eigenvalue weighted by Crippen LogP contribution is 2.33. The van der Waals surface area contributed by atoms with Gasteiger partial charge in [-0.15, -0.1) is 0 Å². The number of nitrogens with zero attached hydrogens (tertiary/aromatic N) is 5. The van der Waals surface area contributed by atoms with Crippen LogP contribution < -0.4 is 16.1 Å². The maximum absolute atomic E-state index is 13.7. The van der Waals surface area contributed by atoms with Crippen molar-refractivity contribution in [1.82, 2.24) is 19.9 Å². The van der Waals surface area contributed by atoms with E-state index in [-0.39, 0.29) is 23.5 Å². The van der Waals surface area contributed by atoms with E-state index in [1.807, 2.05) is 50.2 Å². The maximum atomic E-state index is 13.7. The van der Waals surface area contributed by atoms with Crippen LogP contribution in [-0.2, 0) is 12.7 Å². The zero-order valence-corrected chi connectivity index (χ0v) is 19.8. The van der Waals surface area contributed by atoms with E-state index in [2.05, 4.69) is 41.1 Å². The number of nitrogens with one attached hydrogen (secondary N) is 3. The van der Waals surface area contributed by atoms with Crippen molar-refractivity contribution in [3.05, 3.63) is 94.6 Å². The Morgan fingerprint density at radius 3 is 2.32 bits per heavy atom. The van der Waals surface area contributed by atoms with Gasteiger partial charge in [0, 0.05) is 24.1 Å². The molecule has 0 aliphatic rings. The first kappa shape index (κ1) is 25.5. The highest BCUT2D eigenvalue weighted by atomic mass is 19.4. The quantitative estimate of drug-likeness (QED) is 0.156. The van der Waals surface area contributed by atoms with Crippen molar-refractivity contribution in [2.45, 2.75) is 26.6 Å². The highest BCUT2D eigenvalue weighted by Gasteiger charge is 2.34. The lowest BCUT2D eigenvalue weighted by Gasteiger charge is -2.12. The number of halogens is 4. The average molecular weight is 510 g/mol. The summed E-state index contributed by atoms with van der Waals surface area (Å²) in [6, 6.07) is 13.9. The molecule has 2 heterocycles. The van der Waals surface area contributed by atoms with E-state index in [0.717, 1.165) is 34.5 Å². The molecule has 0 fully saturated rings.